The molecule has 0 N–H and O–H groups in total. The van der Waals surface area contributed by atoms with Crippen LogP contribution in [0.15, 0.2) is 122 Å². The first kappa shape index (κ1) is 66.7. The summed E-state index contributed by atoms with van der Waals surface area (Å²) in [6, 6.07) is 0. The fourth-order valence-electron chi connectivity index (χ4n) is 6.94. The summed E-state index contributed by atoms with van der Waals surface area (Å²) in [6.45, 7) is 4.51. The van der Waals surface area contributed by atoms with Crippen molar-refractivity contribution in [3.05, 3.63) is 122 Å². The molecule has 0 heterocycles. The first-order valence-electron chi connectivity index (χ1n) is 27.7. The van der Waals surface area contributed by atoms with Gasteiger partial charge in [0.25, 0.3) is 0 Å². The highest BCUT2D eigenvalue weighted by Gasteiger charge is 2.22. The Labute approximate surface area is 434 Å². The number of hydrogen-bond donors (Lipinski definition) is 0. The molecule has 0 aliphatic heterocycles. The minimum atomic E-state index is -1.63. The van der Waals surface area contributed by atoms with E-state index >= 15 is 0 Å². The number of aliphatic carboxylic acids is 1. The zero-order valence-corrected chi connectivity index (χ0v) is 45.5. The number of allylic oxidation sites excluding steroid dienone is 20. The number of esters is 2. The summed E-state index contributed by atoms with van der Waals surface area (Å²) in [5.41, 5.74) is 0. The summed E-state index contributed by atoms with van der Waals surface area (Å²) in [5.74, 6) is -2.33. The predicted octanol–water partition coefficient (Wildman–Crippen LogP) is 14.8. The first-order chi connectivity index (χ1) is 34.6. The van der Waals surface area contributed by atoms with E-state index < -0.39 is 24.3 Å². The van der Waals surface area contributed by atoms with Gasteiger partial charge in [-0.2, -0.15) is 0 Å². The summed E-state index contributed by atoms with van der Waals surface area (Å²) in [4.78, 5) is 37.2. The largest absolute Gasteiger partial charge is 0.545 e. The standard InChI is InChI=1S/C62H101NO8/c1-6-8-10-12-14-16-18-20-21-22-23-24-25-26-27-28-29-30-31-32-33-34-35-36-37-38-39-41-43-45-47-49-51-53-60(65)71-58(57-70-62(61(66)67)68-55-54-63(3,4)5)56-69-59(64)52-50-48-46-44-42-40-19-17-15-13-11-9-7-2/h8,10-11,13-14,16-17,19-21,23-24,26-27,29-30,32-33,35-36,58,62H,6-7,9,12,15,18,22,25,28,31,34,37-57H2,1-5H3/b10-8-,13-11-,16-14-,19-17-,21-20-,24-23-,27-26-,30-29-,33-32-,36-35-. The topological polar surface area (TPSA) is 111 Å². The van der Waals surface area contributed by atoms with Gasteiger partial charge in [-0.1, -0.05) is 200 Å². The molecule has 0 rings (SSSR count). The maximum Gasteiger partial charge on any atom is 0.306 e. The zero-order chi connectivity index (χ0) is 52.0. The van der Waals surface area contributed by atoms with Crippen LogP contribution in [-0.2, 0) is 33.3 Å². The van der Waals surface area contributed by atoms with Crippen molar-refractivity contribution in [1.29, 1.82) is 0 Å². The van der Waals surface area contributed by atoms with Gasteiger partial charge in [-0.25, -0.2) is 0 Å². The summed E-state index contributed by atoms with van der Waals surface area (Å²) >= 11 is 0. The van der Waals surface area contributed by atoms with Crippen molar-refractivity contribution in [2.75, 3.05) is 47.5 Å². The molecular formula is C62H101NO8. The van der Waals surface area contributed by atoms with E-state index in [4.69, 9.17) is 18.9 Å². The monoisotopic (exact) mass is 988 g/mol. The Hall–Kier alpha value is -4.31. The lowest BCUT2D eigenvalue weighted by Crippen LogP contribution is -2.44. The SMILES string of the molecule is CC/C=C\C/C=C\C/C=C\C/C=C\C/C=C\C/C=C\C/C=C\C/C=C\CCCCCCCCCCC(=O)OC(COC(=O)CCCCCCC/C=C\C/C=C\CCC)COC(OCC[N+](C)(C)C)C(=O)[O-]. The van der Waals surface area contributed by atoms with Gasteiger partial charge in [0, 0.05) is 12.8 Å². The van der Waals surface area contributed by atoms with Crippen LogP contribution in [0.25, 0.3) is 0 Å². The Morgan fingerprint density at radius 2 is 0.803 bits per heavy atom. The van der Waals surface area contributed by atoms with Crippen LogP contribution in [0.4, 0.5) is 0 Å². The Morgan fingerprint density at radius 1 is 0.437 bits per heavy atom. The Bertz CT molecular complexity index is 1570. The normalized spacial score (nSPS) is 13.8. The van der Waals surface area contributed by atoms with Gasteiger partial charge in [-0.15, -0.1) is 0 Å². The molecule has 0 spiro atoms. The number of carbonyl (C=O) groups is 3. The van der Waals surface area contributed by atoms with Crippen molar-refractivity contribution >= 4 is 17.9 Å². The van der Waals surface area contributed by atoms with Crippen LogP contribution in [0.5, 0.6) is 0 Å². The van der Waals surface area contributed by atoms with Crippen LogP contribution in [-0.4, -0.2) is 82.3 Å². The van der Waals surface area contributed by atoms with Crippen LogP contribution < -0.4 is 5.11 Å². The minimum absolute atomic E-state index is 0.137. The maximum absolute atomic E-state index is 12.8. The highest BCUT2D eigenvalue weighted by Crippen LogP contribution is 2.14. The van der Waals surface area contributed by atoms with E-state index in [0.717, 1.165) is 122 Å². The van der Waals surface area contributed by atoms with Gasteiger partial charge in [-0.05, 0) is 103 Å². The summed E-state index contributed by atoms with van der Waals surface area (Å²) in [5, 5.41) is 11.7. The molecule has 2 atom stereocenters. The van der Waals surface area contributed by atoms with E-state index in [1.807, 2.05) is 21.1 Å². The van der Waals surface area contributed by atoms with Crippen LogP contribution in [0.1, 0.15) is 194 Å². The molecule has 402 valence electrons. The zero-order valence-electron chi connectivity index (χ0n) is 45.5. The fourth-order valence-corrected chi connectivity index (χ4v) is 6.94. The molecule has 9 heteroatoms. The molecule has 0 aromatic heterocycles. The van der Waals surface area contributed by atoms with Gasteiger partial charge < -0.3 is 33.3 Å². The Morgan fingerprint density at radius 3 is 1.20 bits per heavy atom. The molecule has 0 aromatic rings. The third-order valence-electron chi connectivity index (χ3n) is 11.2. The van der Waals surface area contributed by atoms with Crippen LogP contribution >= 0.6 is 0 Å². The number of quaternary nitrogens is 1. The Balaban J connectivity index is 4.26. The van der Waals surface area contributed by atoms with E-state index in [9.17, 15) is 19.5 Å². The van der Waals surface area contributed by atoms with Crippen molar-refractivity contribution < 1.29 is 42.9 Å². The number of rotatable bonds is 49. The molecule has 2 unspecified atom stereocenters. The number of likely N-dealkylation sites (N-methyl/N-ethyl adjacent to an activating group) is 1. The number of carboxylic acid groups (broad SMARTS) is 1. The second-order valence-electron chi connectivity index (χ2n) is 19.1. The first-order valence-corrected chi connectivity index (χ1v) is 27.7. The Kier molecular flexibility index (Phi) is 48.9. The number of carboxylic acids is 1. The minimum Gasteiger partial charge on any atom is -0.545 e. The quantitative estimate of drug-likeness (QED) is 0.0195. The maximum atomic E-state index is 12.8. The molecule has 0 saturated carbocycles. The van der Waals surface area contributed by atoms with Crippen LogP contribution in [0.3, 0.4) is 0 Å². The van der Waals surface area contributed by atoms with E-state index in [-0.39, 0.29) is 38.6 Å². The van der Waals surface area contributed by atoms with Gasteiger partial charge in [0.1, 0.15) is 13.2 Å². The van der Waals surface area contributed by atoms with Crippen LogP contribution in [0.2, 0.25) is 0 Å². The van der Waals surface area contributed by atoms with Crippen molar-refractivity contribution in [3.63, 3.8) is 0 Å². The molecule has 0 bridgehead atoms. The second-order valence-corrected chi connectivity index (χ2v) is 19.1. The van der Waals surface area contributed by atoms with Crippen molar-refractivity contribution in [2.45, 2.75) is 206 Å². The number of hydrogen-bond acceptors (Lipinski definition) is 8. The molecule has 71 heavy (non-hydrogen) atoms. The second kappa shape index (κ2) is 52.0. The number of unbranched alkanes of at least 4 members (excludes halogenated alkanes) is 14. The average Bonchev–Trinajstić information content (AvgIpc) is 3.34. The third-order valence-corrected chi connectivity index (χ3v) is 11.2. The van der Waals surface area contributed by atoms with Crippen molar-refractivity contribution in [2.24, 2.45) is 0 Å². The lowest BCUT2D eigenvalue weighted by atomic mass is 10.1. The smallest absolute Gasteiger partial charge is 0.306 e. The summed E-state index contributed by atoms with van der Waals surface area (Å²) < 4.78 is 22.6. The van der Waals surface area contributed by atoms with E-state index in [1.54, 1.807) is 0 Å². The molecule has 0 fully saturated rings. The van der Waals surface area contributed by atoms with Gasteiger partial charge in [0.15, 0.2) is 12.4 Å². The van der Waals surface area contributed by atoms with Crippen LogP contribution in [0, 0.1) is 0 Å². The highest BCUT2D eigenvalue weighted by molar-refractivity contribution is 5.70. The molecular weight excluding hydrogens is 887 g/mol. The lowest BCUT2D eigenvalue weighted by Gasteiger charge is -2.26. The third kappa shape index (κ3) is 53.3. The van der Waals surface area contributed by atoms with Gasteiger partial charge in [0.2, 0.25) is 0 Å². The number of ether oxygens (including phenoxy) is 4. The number of nitrogens with zero attached hydrogens (tertiary/aromatic N) is 1. The molecule has 0 aliphatic rings. The molecule has 0 amide bonds. The fraction of sp³-hybridized carbons (Fsp3) is 0.629. The summed E-state index contributed by atoms with van der Waals surface area (Å²) in [7, 11) is 5.90. The molecule has 0 aliphatic carbocycles. The van der Waals surface area contributed by atoms with E-state index in [1.165, 1.54) is 32.1 Å². The number of carbonyl (C=O) groups excluding carboxylic acids is 3. The van der Waals surface area contributed by atoms with E-state index in [2.05, 4.69) is 135 Å². The van der Waals surface area contributed by atoms with Gasteiger partial charge >= 0.3 is 11.9 Å². The average molecular weight is 988 g/mol. The molecule has 0 radical (unpaired) electrons. The van der Waals surface area contributed by atoms with E-state index in [0.29, 0.717) is 23.9 Å². The van der Waals surface area contributed by atoms with Crippen molar-refractivity contribution in [3.8, 4) is 0 Å². The van der Waals surface area contributed by atoms with Gasteiger partial charge in [0.05, 0.1) is 40.3 Å². The highest BCUT2D eigenvalue weighted by atomic mass is 16.7. The van der Waals surface area contributed by atoms with Gasteiger partial charge in [-0.3, -0.25) is 9.59 Å². The predicted molar refractivity (Wildman–Crippen MR) is 296 cm³/mol. The molecule has 9 nitrogen and oxygen atoms in total. The molecule has 0 saturated heterocycles. The summed E-state index contributed by atoms with van der Waals surface area (Å²) in [6.07, 6.45) is 69.6. The molecule has 0 aromatic carbocycles. The lowest BCUT2D eigenvalue weighted by molar-refractivity contribution is -0.870. The van der Waals surface area contributed by atoms with Crippen molar-refractivity contribution in [1.82, 2.24) is 0 Å².